The van der Waals surface area contributed by atoms with Crippen molar-refractivity contribution in [1.29, 1.82) is 0 Å². The number of aromatic nitrogens is 1. The number of fused-ring (bicyclic) bond motifs is 3. The lowest BCUT2D eigenvalue weighted by Crippen LogP contribution is -1.92. The van der Waals surface area contributed by atoms with Crippen LogP contribution in [0.1, 0.15) is 0 Å². The minimum atomic E-state index is 1.18. The predicted molar refractivity (Wildman–Crippen MR) is 157 cm³/mol. The second-order valence-electron chi connectivity index (χ2n) is 9.44. The van der Waals surface area contributed by atoms with Crippen LogP contribution in [0.5, 0.6) is 0 Å². The van der Waals surface area contributed by atoms with Crippen LogP contribution < -0.4 is 0 Å². The smallest absolute Gasteiger partial charge is 0.0541 e. The van der Waals surface area contributed by atoms with E-state index in [-0.39, 0.29) is 0 Å². The third-order valence-corrected chi connectivity index (χ3v) is 7.23. The molecule has 37 heavy (non-hydrogen) atoms. The molecule has 6 aromatic carbocycles. The van der Waals surface area contributed by atoms with Crippen LogP contribution in [-0.2, 0) is 0 Å². The van der Waals surface area contributed by atoms with Crippen LogP contribution in [0.4, 0.5) is 0 Å². The van der Waals surface area contributed by atoms with E-state index in [1.54, 1.807) is 0 Å². The van der Waals surface area contributed by atoms with Crippen LogP contribution in [0.15, 0.2) is 152 Å². The molecule has 0 fully saturated rings. The summed E-state index contributed by atoms with van der Waals surface area (Å²) in [7, 11) is 0. The zero-order valence-electron chi connectivity index (χ0n) is 20.4. The maximum Gasteiger partial charge on any atom is 0.0541 e. The largest absolute Gasteiger partial charge is 0.309 e. The lowest BCUT2D eigenvalue weighted by Gasteiger charge is -2.09. The molecule has 0 spiro atoms. The van der Waals surface area contributed by atoms with Gasteiger partial charge >= 0.3 is 0 Å². The van der Waals surface area contributed by atoms with E-state index in [1.807, 2.05) is 0 Å². The summed E-state index contributed by atoms with van der Waals surface area (Å²) >= 11 is 0. The Bertz CT molecular complexity index is 1830. The zero-order chi connectivity index (χ0) is 24.6. The second-order valence-corrected chi connectivity index (χ2v) is 9.44. The Morgan fingerprint density at radius 2 is 0.730 bits per heavy atom. The minimum Gasteiger partial charge on any atom is -0.309 e. The quantitative estimate of drug-likeness (QED) is 0.241. The van der Waals surface area contributed by atoms with Gasteiger partial charge < -0.3 is 4.57 Å². The third-order valence-electron chi connectivity index (χ3n) is 7.23. The molecule has 0 aliphatic heterocycles. The van der Waals surface area contributed by atoms with E-state index in [9.17, 15) is 0 Å². The van der Waals surface area contributed by atoms with Crippen molar-refractivity contribution in [2.45, 2.75) is 0 Å². The molecule has 7 rings (SSSR count). The monoisotopic (exact) mass is 471 g/mol. The lowest BCUT2D eigenvalue weighted by atomic mass is 9.97. The van der Waals surface area contributed by atoms with E-state index in [2.05, 4.69) is 156 Å². The predicted octanol–water partition coefficient (Wildman–Crippen LogP) is 9.78. The van der Waals surface area contributed by atoms with Crippen LogP contribution in [-0.4, -0.2) is 4.57 Å². The van der Waals surface area contributed by atoms with Gasteiger partial charge in [-0.3, -0.25) is 0 Å². The van der Waals surface area contributed by atoms with Crippen molar-refractivity contribution >= 4 is 21.8 Å². The number of nitrogens with zero attached hydrogens (tertiary/aromatic N) is 1. The van der Waals surface area contributed by atoms with Crippen molar-refractivity contribution in [3.05, 3.63) is 152 Å². The molecule has 0 aliphatic rings. The topological polar surface area (TPSA) is 4.93 Å². The fourth-order valence-corrected chi connectivity index (χ4v) is 5.35. The Morgan fingerprint density at radius 3 is 1.35 bits per heavy atom. The minimum absolute atomic E-state index is 1.18. The van der Waals surface area contributed by atoms with E-state index in [0.717, 1.165) is 0 Å². The van der Waals surface area contributed by atoms with Gasteiger partial charge in [0.1, 0.15) is 0 Å². The number of para-hydroxylation sites is 2. The molecule has 7 aromatic rings. The van der Waals surface area contributed by atoms with Gasteiger partial charge in [0, 0.05) is 16.5 Å². The van der Waals surface area contributed by atoms with Gasteiger partial charge in [-0.25, -0.2) is 0 Å². The molecule has 0 saturated carbocycles. The van der Waals surface area contributed by atoms with Crippen molar-refractivity contribution in [2.24, 2.45) is 0 Å². The summed E-state index contributed by atoms with van der Waals surface area (Å²) in [6.07, 6.45) is 0. The highest BCUT2D eigenvalue weighted by atomic mass is 15.0. The maximum atomic E-state index is 2.36. The van der Waals surface area contributed by atoms with Crippen LogP contribution >= 0.6 is 0 Å². The number of rotatable bonds is 4. The summed E-state index contributed by atoms with van der Waals surface area (Å²) in [4.78, 5) is 0. The van der Waals surface area contributed by atoms with Crippen LogP contribution in [0.3, 0.4) is 0 Å². The Balaban J connectivity index is 1.25. The lowest BCUT2D eigenvalue weighted by molar-refractivity contribution is 1.18. The zero-order valence-corrected chi connectivity index (χ0v) is 20.4. The molecule has 174 valence electrons. The molecule has 1 nitrogen and oxygen atoms in total. The van der Waals surface area contributed by atoms with Gasteiger partial charge in [-0.15, -0.1) is 0 Å². The SMILES string of the molecule is c1ccc(-c2ccc(-c3ccc(-c4ccc5c(c4)c4ccccc4n5-c4ccccc4)cc3)cc2)cc1. The highest BCUT2D eigenvalue weighted by Gasteiger charge is 2.13. The number of hydrogen-bond acceptors (Lipinski definition) is 0. The molecule has 1 heterocycles. The van der Waals surface area contributed by atoms with Gasteiger partial charge in [-0.2, -0.15) is 0 Å². The first kappa shape index (κ1) is 21.4. The van der Waals surface area contributed by atoms with Gasteiger partial charge in [-0.1, -0.05) is 121 Å². The van der Waals surface area contributed by atoms with Crippen molar-refractivity contribution in [3.63, 3.8) is 0 Å². The van der Waals surface area contributed by atoms with Crippen LogP contribution in [0.25, 0.3) is 60.9 Å². The van der Waals surface area contributed by atoms with Gasteiger partial charge in [0.25, 0.3) is 0 Å². The molecule has 0 radical (unpaired) electrons. The molecule has 0 atom stereocenters. The molecular weight excluding hydrogens is 446 g/mol. The Kier molecular flexibility index (Phi) is 5.19. The van der Waals surface area contributed by atoms with Gasteiger partial charge in [0.2, 0.25) is 0 Å². The van der Waals surface area contributed by atoms with E-state index >= 15 is 0 Å². The summed E-state index contributed by atoms with van der Waals surface area (Å²) in [5.41, 5.74) is 11.0. The van der Waals surface area contributed by atoms with Crippen molar-refractivity contribution in [1.82, 2.24) is 4.57 Å². The van der Waals surface area contributed by atoms with E-state index < -0.39 is 0 Å². The Hall–Kier alpha value is -4.88. The van der Waals surface area contributed by atoms with E-state index in [0.29, 0.717) is 0 Å². The summed E-state index contributed by atoms with van der Waals surface area (Å²) in [5.74, 6) is 0. The fraction of sp³-hybridized carbons (Fsp3) is 0. The van der Waals surface area contributed by atoms with Crippen molar-refractivity contribution < 1.29 is 0 Å². The highest BCUT2D eigenvalue weighted by Crippen LogP contribution is 2.35. The molecular formula is C36H25N. The molecule has 0 aliphatic carbocycles. The van der Waals surface area contributed by atoms with Gasteiger partial charge in [-0.05, 0) is 63.7 Å². The number of hydrogen-bond donors (Lipinski definition) is 0. The first-order valence-corrected chi connectivity index (χ1v) is 12.7. The molecule has 0 unspecified atom stereocenters. The fourth-order valence-electron chi connectivity index (χ4n) is 5.35. The second kappa shape index (κ2) is 8.96. The Labute approximate surface area is 216 Å². The van der Waals surface area contributed by atoms with E-state index in [1.165, 1.54) is 60.9 Å². The normalized spacial score (nSPS) is 11.2. The van der Waals surface area contributed by atoms with Crippen molar-refractivity contribution in [2.75, 3.05) is 0 Å². The standard InChI is InChI=1S/C36H25N/c1-3-9-26(10-4-1)27-15-17-28(18-16-27)29-19-21-30(22-20-29)31-23-24-36-34(25-31)33-13-7-8-14-35(33)37(36)32-11-5-2-6-12-32/h1-25H. The highest BCUT2D eigenvalue weighted by molar-refractivity contribution is 6.10. The molecule has 0 bridgehead atoms. The molecule has 1 aromatic heterocycles. The summed E-state index contributed by atoms with van der Waals surface area (Å²) in [6, 6.07) is 54.4. The van der Waals surface area contributed by atoms with Gasteiger partial charge in [0.05, 0.1) is 11.0 Å². The average molecular weight is 472 g/mol. The Morgan fingerprint density at radius 1 is 0.297 bits per heavy atom. The molecule has 1 heteroatoms. The maximum absolute atomic E-state index is 2.36. The number of benzene rings is 6. The third kappa shape index (κ3) is 3.82. The van der Waals surface area contributed by atoms with Crippen LogP contribution in [0, 0.1) is 0 Å². The van der Waals surface area contributed by atoms with E-state index in [4.69, 9.17) is 0 Å². The summed E-state index contributed by atoms with van der Waals surface area (Å²) in [6.45, 7) is 0. The molecule has 0 N–H and O–H groups in total. The molecule has 0 amide bonds. The summed E-state index contributed by atoms with van der Waals surface area (Å²) in [5, 5.41) is 2.55. The van der Waals surface area contributed by atoms with Gasteiger partial charge in [0.15, 0.2) is 0 Å². The first-order chi connectivity index (χ1) is 18.3. The molecule has 0 saturated heterocycles. The summed E-state index contributed by atoms with van der Waals surface area (Å²) < 4.78 is 2.36. The van der Waals surface area contributed by atoms with Crippen molar-refractivity contribution in [3.8, 4) is 39.1 Å². The average Bonchev–Trinajstić information content (AvgIpc) is 3.32. The van der Waals surface area contributed by atoms with Crippen LogP contribution in [0.2, 0.25) is 0 Å². The first-order valence-electron chi connectivity index (χ1n) is 12.7.